The van der Waals surface area contributed by atoms with E-state index in [0.29, 0.717) is 33.4 Å². The highest BCUT2D eigenvalue weighted by atomic mass is 35.5. The molecule has 1 aliphatic rings. The lowest BCUT2D eigenvalue weighted by Gasteiger charge is -2.18. The molecule has 4 rings (SSSR count). The number of amides is 3. The molecule has 3 amide bonds. The highest BCUT2D eigenvalue weighted by Crippen LogP contribution is 2.38. The van der Waals surface area contributed by atoms with Crippen molar-refractivity contribution >= 4 is 52.0 Å². The van der Waals surface area contributed by atoms with Gasteiger partial charge in [0.25, 0.3) is 11.8 Å². The van der Waals surface area contributed by atoms with Crippen molar-refractivity contribution in [3.05, 3.63) is 89.1 Å². The minimum Gasteiger partial charge on any atom is -0.495 e. The summed E-state index contributed by atoms with van der Waals surface area (Å²) in [5.74, 6) is -0.785. The number of ether oxygens (including phenoxy) is 1. The summed E-state index contributed by atoms with van der Waals surface area (Å²) in [5, 5.41) is 6.29. The average Bonchev–Trinajstić information content (AvgIpc) is 3.04. The summed E-state index contributed by atoms with van der Waals surface area (Å²) in [4.78, 5) is 39.4. The smallest absolute Gasteiger partial charge is 0.282 e. The third-order valence-corrected chi connectivity index (χ3v) is 5.27. The molecule has 0 aromatic heterocycles. The first kappa shape index (κ1) is 22.1. The zero-order valence-corrected chi connectivity index (χ0v) is 18.6. The Bertz CT molecular complexity index is 1270. The fourth-order valence-corrected chi connectivity index (χ4v) is 3.67. The summed E-state index contributed by atoms with van der Waals surface area (Å²) in [6.45, 7) is 1.42. The molecule has 166 valence electrons. The maximum Gasteiger partial charge on any atom is 0.282 e. The van der Waals surface area contributed by atoms with Crippen LogP contribution in [-0.2, 0) is 14.4 Å². The SMILES string of the molecule is COc1ccccc1N1C(=O)C(Nc2ccc(NC(C)=O)cc2)=C(c2ccc(Cl)cc2)C1=O. The van der Waals surface area contributed by atoms with Crippen molar-refractivity contribution in [3.8, 4) is 5.75 Å². The van der Waals surface area contributed by atoms with E-state index < -0.39 is 11.8 Å². The largest absolute Gasteiger partial charge is 0.495 e. The van der Waals surface area contributed by atoms with Gasteiger partial charge in [0.05, 0.1) is 18.4 Å². The lowest BCUT2D eigenvalue weighted by Crippen LogP contribution is -2.32. The highest BCUT2D eigenvalue weighted by Gasteiger charge is 2.41. The van der Waals surface area contributed by atoms with Gasteiger partial charge in [-0.15, -0.1) is 0 Å². The number of imide groups is 1. The van der Waals surface area contributed by atoms with Crippen molar-refractivity contribution in [2.75, 3.05) is 22.6 Å². The van der Waals surface area contributed by atoms with Crippen LogP contribution in [0.4, 0.5) is 17.1 Å². The first-order valence-electron chi connectivity index (χ1n) is 10.1. The second-order valence-corrected chi connectivity index (χ2v) is 7.69. The molecule has 1 aliphatic heterocycles. The fraction of sp³-hybridized carbons (Fsp3) is 0.0800. The molecule has 0 saturated carbocycles. The molecular formula is C25H20ClN3O4. The molecule has 2 N–H and O–H groups in total. The van der Waals surface area contributed by atoms with E-state index in [1.54, 1.807) is 72.8 Å². The van der Waals surface area contributed by atoms with E-state index in [9.17, 15) is 14.4 Å². The third kappa shape index (κ3) is 4.44. The number of carbonyl (C=O) groups is 3. The lowest BCUT2D eigenvalue weighted by atomic mass is 10.0. The summed E-state index contributed by atoms with van der Waals surface area (Å²) in [6.07, 6.45) is 0. The molecule has 0 radical (unpaired) electrons. The Morgan fingerprint density at radius 3 is 2.15 bits per heavy atom. The van der Waals surface area contributed by atoms with Gasteiger partial charge in [-0.1, -0.05) is 35.9 Å². The van der Waals surface area contributed by atoms with Crippen molar-refractivity contribution in [3.63, 3.8) is 0 Å². The Morgan fingerprint density at radius 2 is 1.52 bits per heavy atom. The Labute approximate surface area is 195 Å². The van der Waals surface area contributed by atoms with Gasteiger partial charge in [0.1, 0.15) is 11.4 Å². The van der Waals surface area contributed by atoms with E-state index in [4.69, 9.17) is 16.3 Å². The van der Waals surface area contributed by atoms with Crippen LogP contribution in [0.5, 0.6) is 5.75 Å². The van der Waals surface area contributed by atoms with E-state index >= 15 is 0 Å². The number of anilines is 3. The predicted molar refractivity (Wildman–Crippen MR) is 128 cm³/mol. The summed E-state index contributed by atoms with van der Waals surface area (Å²) in [7, 11) is 1.48. The quantitative estimate of drug-likeness (QED) is 0.519. The van der Waals surface area contributed by atoms with E-state index in [0.717, 1.165) is 4.90 Å². The second kappa shape index (κ2) is 9.18. The van der Waals surface area contributed by atoms with Crippen molar-refractivity contribution in [2.45, 2.75) is 6.92 Å². The van der Waals surface area contributed by atoms with Crippen LogP contribution < -0.4 is 20.3 Å². The minimum absolute atomic E-state index is 0.125. The van der Waals surface area contributed by atoms with Gasteiger partial charge in [-0.25, -0.2) is 4.90 Å². The Hall–Kier alpha value is -4.10. The molecule has 8 heteroatoms. The van der Waals surface area contributed by atoms with Gasteiger partial charge in [-0.05, 0) is 54.1 Å². The zero-order valence-electron chi connectivity index (χ0n) is 17.9. The normalized spacial score (nSPS) is 13.4. The van der Waals surface area contributed by atoms with Crippen molar-refractivity contribution in [2.24, 2.45) is 0 Å². The molecular weight excluding hydrogens is 442 g/mol. The highest BCUT2D eigenvalue weighted by molar-refractivity contribution is 6.46. The molecule has 0 aliphatic carbocycles. The second-order valence-electron chi connectivity index (χ2n) is 7.26. The van der Waals surface area contributed by atoms with Crippen LogP contribution in [0.1, 0.15) is 12.5 Å². The summed E-state index contributed by atoms with van der Waals surface area (Å²) < 4.78 is 5.37. The molecule has 7 nitrogen and oxygen atoms in total. The molecule has 3 aromatic carbocycles. The number of carbonyl (C=O) groups excluding carboxylic acids is 3. The standard InChI is InChI=1S/C25H20ClN3O4/c1-15(30)27-18-11-13-19(14-12-18)28-23-22(16-7-9-17(26)10-8-16)24(31)29(25(23)32)20-5-3-4-6-21(20)33-2/h3-14,28H,1-2H3,(H,27,30). The van der Waals surface area contributed by atoms with Crippen LogP contribution in [0.15, 0.2) is 78.5 Å². The number of para-hydroxylation sites is 2. The minimum atomic E-state index is -0.514. The molecule has 3 aromatic rings. The Balaban J connectivity index is 1.77. The summed E-state index contributed by atoms with van der Waals surface area (Å²) in [5.41, 5.74) is 2.43. The molecule has 0 spiro atoms. The summed E-state index contributed by atoms with van der Waals surface area (Å²) in [6, 6.07) is 20.3. The first-order valence-corrected chi connectivity index (χ1v) is 10.4. The fourth-order valence-electron chi connectivity index (χ4n) is 3.55. The molecule has 0 bridgehead atoms. The van der Waals surface area contributed by atoms with Gasteiger partial charge >= 0.3 is 0 Å². The first-order chi connectivity index (χ1) is 15.9. The average molecular weight is 462 g/mol. The van der Waals surface area contributed by atoms with Crippen LogP contribution >= 0.6 is 11.6 Å². The van der Waals surface area contributed by atoms with E-state index in [1.165, 1.54) is 14.0 Å². The summed E-state index contributed by atoms with van der Waals surface area (Å²) >= 11 is 6.02. The molecule has 0 atom stereocenters. The number of hydrogen-bond acceptors (Lipinski definition) is 5. The molecule has 0 fully saturated rings. The van der Waals surface area contributed by atoms with Crippen molar-refractivity contribution in [1.82, 2.24) is 0 Å². The number of benzene rings is 3. The van der Waals surface area contributed by atoms with Crippen LogP contribution in [0.3, 0.4) is 0 Å². The van der Waals surface area contributed by atoms with Gasteiger partial charge in [0, 0.05) is 23.3 Å². The van der Waals surface area contributed by atoms with Crippen LogP contribution in [-0.4, -0.2) is 24.8 Å². The van der Waals surface area contributed by atoms with Gasteiger partial charge in [0.15, 0.2) is 0 Å². The molecule has 1 heterocycles. The topological polar surface area (TPSA) is 87.7 Å². The van der Waals surface area contributed by atoms with E-state index in [1.807, 2.05) is 0 Å². The zero-order chi connectivity index (χ0) is 23.5. The molecule has 0 saturated heterocycles. The number of rotatable bonds is 6. The monoisotopic (exact) mass is 461 g/mol. The number of nitrogens with one attached hydrogen (secondary N) is 2. The van der Waals surface area contributed by atoms with Gasteiger partial charge < -0.3 is 15.4 Å². The van der Waals surface area contributed by atoms with E-state index in [2.05, 4.69) is 10.6 Å². The van der Waals surface area contributed by atoms with Crippen LogP contribution in [0, 0.1) is 0 Å². The van der Waals surface area contributed by atoms with Gasteiger partial charge in [0.2, 0.25) is 5.91 Å². The maximum atomic E-state index is 13.5. The van der Waals surface area contributed by atoms with Crippen LogP contribution in [0.25, 0.3) is 5.57 Å². The third-order valence-electron chi connectivity index (χ3n) is 5.02. The number of nitrogens with zero attached hydrogens (tertiary/aromatic N) is 1. The van der Waals surface area contributed by atoms with Gasteiger partial charge in [-0.3, -0.25) is 14.4 Å². The van der Waals surface area contributed by atoms with Crippen molar-refractivity contribution < 1.29 is 19.1 Å². The maximum absolute atomic E-state index is 13.5. The lowest BCUT2D eigenvalue weighted by molar-refractivity contribution is -0.120. The molecule has 33 heavy (non-hydrogen) atoms. The predicted octanol–water partition coefficient (Wildman–Crippen LogP) is 4.70. The number of hydrogen-bond donors (Lipinski definition) is 2. The Morgan fingerprint density at radius 1 is 0.879 bits per heavy atom. The number of methoxy groups -OCH3 is 1. The Kier molecular flexibility index (Phi) is 6.15. The molecule has 0 unspecified atom stereocenters. The van der Waals surface area contributed by atoms with Crippen molar-refractivity contribution in [1.29, 1.82) is 0 Å². The van der Waals surface area contributed by atoms with Crippen LogP contribution in [0.2, 0.25) is 5.02 Å². The van der Waals surface area contributed by atoms with Gasteiger partial charge in [-0.2, -0.15) is 0 Å². The number of halogens is 1. The van der Waals surface area contributed by atoms with E-state index in [-0.39, 0.29) is 17.2 Å².